The summed E-state index contributed by atoms with van der Waals surface area (Å²) in [5.41, 5.74) is 0.791. The number of carbonyl (C=O) groups excluding carboxylic acids is 1. The zero-order valence-corrected chi connectivity index (χ0v) is 14.7. The Balaban J connectivity index is 1.58. The molecule has 0 radical (unpaired) electrons. The van der Waals surface area contributed by atoms with E-state index >= 15 is 0 Å². The molecule has 1 unspecified atom stereocenters. The maximum absolute atomic E-state index is 12.9. The number of carbonyl (C=O) groups is 1. The van der Waals surface area contributed by atoms with Gasteiger partial charge in [0.2, 0.25) is 5.91 Å². The first-order chi connectivity index (χ1) is 12.2. The number of hydrogen-bond donors (Lipinski definition) is 1. The topological polar surface area (TPSA) is 41.6 Å². The van der Waals surface area contributed by atoms with Crippen LogP contribution in [0.2, 0.25) is 0 Å². The van der Waals surface area contributed by atoms with Gasteiger partial charge in [0, 0.05) is 30.6 Å². The molecular formula is C19H21FN2O2S. The first kappa shape index (κ1) is 17.8. The SMILES string of the molecule is O=C(/C=C/c1ccc(F)cc1)NCC(c1cccs1)N1CCOCC1. The van der Waals surface area contributed by atoms with Gasteiger partial charge in [-0.25, -0.2) is 4.39 Å². The van der Waals surface area contributed by atoms with Crippen molar-refractivity contribution < 1.29 is 13.9 Å². The van der Waals surface area contributed by atoms with Crippen LogP contribution >= 0.6 is 11.3 Å². The molecule has 25 heavy (non-hydrogen) atoms. The van der Waals surface area contributed by atoms with E-state index < -0.39 is 0 Å². The van der Waals surface area contributed by atoms with Crippen LogP contribution in [-0.2, 0) is 9.53 Å². The largest absolute Gasteiger partial charge is 0.379 e. The van der Waals surface area contributed by atoms with Crippen molar-refractivity contribution in [1.82, 2.24) is 10.2 Å². The van der Waals surface area contributed by atoms with Crippen molar-refractivity contribution in [3.63, 3.8) is 0 Å². The fourth-order valence-electron chi connectivity index (χ4n) is 2.78. The Morgan fingerprint density at radius 1 is 1.28 bits per heavy atom. The zero-order chi connectivity index (χ0) is 17.5. The van der Waals surface area contributed by atoms with Crippen LogP contribution in [0.1, 0.15) is 16.5 Å². The lowest BCUT2D eigenvalue weighted by Crippen LogP contribution is -2.43. The van der Waals surface area contributed by atoms with Gasteiger partial charge < -0.3 is 10.1 Å². The van der Waals surface area contributed by atoms with Crippen LogP contribution in [0, 0.1) is 5.82 Å². The minimum absolute atomic E-state index is 0.154. The average Bonchev–Trinajstić information content (AvgIpc) is 3.17. The lowest BCUT2D eigenvalue weighted by Gasteiger charge is -2.34. The molecule has 1 amide bonds. The van der Waals surface area contributed by atoms with E-state index in [1.807, 2.05) is 6.07 Å². The van der Waals surface area contributed by atoms with Crippen LogP contribution < -0.4 is 5.32 Å². The number of ether oxygens (including phenoxy) is 1. The molecule has 1 N–H and O–H groups in total. The molecule has 0 bridgehead atoms. The zero-order valence-electron chi connectivity index (χ0n) is 13.9. The molecule has 132 valence electrons. The molecule has 4 nitrogen and oxygen atoms in total. The number of morpholine rings is 1. The van der Waals surface area contributed by atoms with Gasteiger partial charge in [0.25, 0.3) is 0 Å². The van der Waals surface area contributed by atoms with Gasteiger partial charge in [-0.2, -0.15) is 0 Å². The second-order valence-corrected chi connectivity index (χ2v) is 6.79. The maximum atomic E-state index is 12.9. The van der Waals surface area contributed by atoms with Gasteiger partial charge in [-0.3, -0.25) is 9.69 Å². The molecule has 1 aliphatic rings. The van der Waals surface area contributed by atoms with Crippen molar-refractivity contribution in [3.05, 3.63) is 64.1 Å². The van der Waals surface area contributed by atoms with E-state index in [0.29, 0.717) is 6.54 Å². The predicted octanol–water partition coefficient (Wildman–Crippen LogP) is 3.09. The molecule has 0 aliphatic carbocycles. The van der Waals surface area contributed by atoms with Gasteiger partial charge in [0.15, 0.2) is 0 Å². The number of hydrogen-bond acceptors (Lipinski definition) is 4. The monoisotopic (exact) mass is 360 g/mol. The first-order valence-corrected chi connectivity index (χ1v) is 9.17. The van der Waals surface area contributed by atoms with E-state index in [9.17, 15) is 9.18 Å². The van der Waals surface area contributed by atoms with Crippen molar-refractivity contribution in [2.24, 2.45) is 0 Å². The van der Waals surface area contributed by atoms with E-state index in [0.717, 1.165) is 31.9 Å². The summed E-state index contributed by atoms with van der Waals surface area (Å²) in [6, 6.07) is 10.3. The third kappa shape index (κ3) is 5.22. The van der Waals surface area contributed by atoms with E-state index in [1.54, 1.807) is 29.5 Å². The Kier molecular flexibility index (Phi) is 6.33. The molecule has 1 aromatic heterocycles. The normalized spacial score (nSPS) is 16.8. The second kappa shape index (κ2) is 8.89. The summed E-state index contributed by atoms with van der Waals surface area (Å²) < 4.78 is 18.3. The summed E-state index contributed by atoms with van der Waals surface area (Å²) in [6.07, 6.45) is 3.17. The molecule has 1 atom stereocenters. The summed E-state index contributed by atoms with van der Waals surface area (Å²) >= 11 is 1.70. The van der Waals surface area contributed by atoms with Crippen LogP contribution in [0.5, 0.6) is 0 Å². The van der Waals surface area contributed by atoms with E-state index in [1.165, 1.54) is 23.1 Å². The van der Waals surface area contributed by atoms with Crippen LogP contribution in [-0.4, -0.2) is 43.7 Å². The molecule has 2 heterocycles. The van der Waals surface area contributed by atoms with Crippen molar-refractivity contribution in [1.29, 1.82) is 0 Å². The van der Waals surface area contributed by atoms with Crippen molar-refractivity contribution in [2.75, 3.05) is 32.8 Å². The molecule has 3 rings (SSSR count). The first-order valence-electron chi connectivity index (χ1n) is 8.29. The van der Waals surface area contributed by atoms with Crippen LogP contribution in [0.4, 0.5) is 4.39 Å². The van der Waals surface area contributed by atoms with Crippen molar-refractivity contribution in [2.45, 2.75) is 6.04 Å². The van der Waals surface area contributed by atoms with Crippen molar-refractivity contribution >= 4 is 23.3 Å². The van der Waals surface area contributed by atoms with Gasteiger partial charge in [0.05, 0.1) is 19.3 Å². The minimum atomic E-state index is -0.286. The molecule has 1 fully saturated rings. The summed E-state index contributed by atoms with van der Waals surface area (Å²) in [6.45, 7) is 3.72. The van der Waals surface area contributed by atoms with Gasteiger partial charge >= 0.3 is 0 Å². The fourth-order valence-corrected chi connectivity index (χ4v) is 3.64. The highest BCUT2D eigenvalue weighted by molar-refractivity contribution is 7.10. The molecular weight excluding hydrogens is 339 g/mol. The van der Waals surface area contributed by atoms with Crippen LogP contribution in [0.15, 0.2) is 47.9 Å². The van der Waals surface area contributed by atoms with Crippen LogP contribution in [0.3, 0.4) is 0 Å². The molecule has 1 saturated heterocycles. The Labute approximate surface area is 150 Å². The maximum Gasteiger partial charge on any atom is 0.244 e. The van der Waals surface area contributed by atoms with E-state index in [4.69, 9.17) is 4.74 Å². The highest BCUT2D eigenvalue weighted by Crippen LogP contribution is 2.25. The summed E-state index contributed by atoms with van der Waals surface area (Å²) in [5, 5.41) is 5.03. The third-order valence-corrected chi connectivity index (χ3v) is 5.10. The lowest BCUT2D eigenvalue weighted by molar-refractivity contribution is -0.116. The Morgan fingerprint density at radius 2 is 2.04 bits per heavy atom. The number of halogens is 1. The molecule has 0 saturated carbocycles. The lowest BCUT2D eigenvalue weighted by atomic mass is 10.2. The second-order valence-electron chi connectivity index (χ2n) is 5.81. The van der Waals surface area contributed by atoms with Gasteiger partial charge in [-0.15, -0.1) is 11.3 Å². The van der Waals surface area contributed by atoms with Gasteiger partial charge in [-0.1, -0.05) is 18.2 Å². The molecule has 1 aromatic carbocycles. The Bertz CT molecular complexity index is 695. The number of thiophene rings is 1. The molecule has 2 aromatic rings. The minimum Gasteiger partial charge on any atom is -0.379 e. The predicted molar refractivity (Wildman–Crippen MR) is 97.9 cm³/mol. The quantitative estimate of drug-likeness (QED) is 0.805. The highest BCUT2D eigenvalue weighted by atomic mass is 32.1. The van der Waals surface area contributed by atoms with E-state index in [-0.39, 0.29) is 17.8 Å². The number of nitrogens with zero attached hydrogens (tertiary/aromatic N) is 1. The highest BCUT2D eigenvalue weighted by Gasteiger charge is 2.23. The average molecular weight is 360 g/mol. The molecule has 6 heteroatoms. The third-order valence-electron chi connectivity index (χ3n) is 4.12. The molecule has 1 aliphatic heterocycles. The van der Waals surface area contributed by atoms with Gasteiger partial charge in [0.1, 0.15) is 5.82 Å². The number of rotatable bonds is 6. The summed E-state index contributed by atoms with van der Waals surface area (Å²) in [5.74, 6) is -0.440. The number of amides is 1. The molecule has 0 spiro atoms. The smallest absolute Gasteiger partial charge is 0.244 e. The summed E-state index contributed by atoms with van der Waals surface area (Å²) in [4.78, 5) is 15.7. The van der Waals surface area contributed by atoms with Crippen LogP contribution in [0.25, 0.3) is 6.08 Å². The number of nitrogens with one attached hydrogen (secondary N) is 1. The fraction of sp³-hybridized carbons (Fsp3) is 0.316. The number of benzene rings is 1. The summed E-state index contributed by atoms with van der Waals surface area (Å²) in [7, 11) is 0. The standard InChI is InChI=1S/C19H21FN2O2S/c20-16-6-3-15(4-7-16)5-8-19(23)21-14-17(18-2-1-13-25-18)22-9-11-24-12-10-22/h1-8,13,17H,9-12,14H2,(H,21,23)/b8-5+. The van der Waals surface area contributed by atoms with Gasteiger partial charge in [-0.05, 0) is 35.2 Å². The van der Waals surface area contributed by atoms with E-state index in [2.05, 4.69) is 21.7 Å². The van der Waals surface area contributed by atoms with Crippen molar-refractivity contribution in [3.8, 4) is 0 Å². The Hall–Kier alpha value is -2.02. The Morgan fingerprint density at radius 3 is 2.72 bits per heavy atom.